The molecule has 1 saturated carbocycles. The van der Waals surface area contributed by atoms with Crippen LogP contribution in [-0.4, -0.2) is 38.8 Å². The molecule has 0 spiro atoms. The molecule has 88 valence electrons. The number of ether oxygens (including phenoxy) is 1. The van der Waals surface area contributed by atoms with Crippen LogP contribution in [0, 0.1) is 5.41 Å². The molecule has 0 bridgehead atoms. The van der Waals surface area contributed by atoms with E-state index in [0.717, 1.165) is 12.4 Å². The third-order valence-corrected chi connectivity index (χ3v) is 4.05. The van der Waals surface area contributed by atoms with Gasteiger partial charge in [0.25, 0.3) is 0 Å². The average Bonchev–Trinajstić information content (AvgIpc) is 2.23. The largest absolute Gasteiger partial charge is 0.378 e. The summed E-state index contributed by atoms with van der Waals surface area (Å²) in [5, 5.41) is 6.42. The van der Waals surface area contributed by atoms with Crippen LogP contribution in [0.15, 0.2) is 4.99 Å². The van der Waals surface area contributed by atoms with Gasteiger partial charge in [0.05, 0.1) is 5.60 Å². The van der Waals surface area contributed by atoms with Crippen LogP contribution in [0.3, 0.4) is 0 Å². The molecule has 4 nitrogen and oxygen atoms in total. The van der Waals surface area contributed by atoms with E-state index in [0.29, 0.717) is 6.04 Å². The van der Waals surface area contributed by atoms with Crippen molar-refractivity contribution in [3.63, 3.8) is 0 Å². The van der Waals surface area contributed by atoms with Gasteiger partial charge in [-0.2, -0.15) is 0 Å². The summed E-state index contributed by atoms with van der Waals surface area (Å²) < 4.78 is 5.57. The van der Waals surface area contributed by atoms with Gasteiger partial charge in [0.15, 0.2) is 5.96 Å². The summed E-state index contributed by atoms with van der Waals surface area (Å²) in [7, 11) is 5.43. The molecule has 0 amide bonds. The normalized spacial score (nSPS) is 34.5. The zero-order valence-corrected chi connectivity index (χ0v) is 10.6. The van der Waals surface area contributed by atoms with Crippen molar-refractivity contribution in [3.8, 4) is 0 Å². The van der Waals surface area contributed by atoms with Crippen LogP contribution < -0.4 is 10.6 Å². The Balaban J connectivity index is 2.64. The second-order valence-electron chi connectivity index (χ2n) is 4.88. The van der Waals surface area contributed by atoms with Crippen LogP contribution in [0.2, 0.25) is 0 Å². The van der Waals surface area contributed by atoms with E-state index in [1.807, 2.05) is 7.05 Å². The van der Waals surface area contributed by atoms with Crippen molar-refractivity contribution in [1.29, 1.82) is 0 Å². The molecule has 0 aliphatic heterocycles. The van der Waals surface area contributed by atoms with Crippen molar-refractivity contribution in [2.75, 3.05) is 21.2 Å². The van der Waals surface area contributed by atoms with Gasteiger partial charge in [-0.25, -0.2) is 0 Å². The summed E-state index contributed by atoms with van der Waals surface area (Å²) in [6.07, 6.45) is 1.01. The number of nitrogens with zero attached hydrogens (tertiary/aromatic N) is 1. The fourth-order valence-corrected chi connectivity index (χ4v) is 2.14. The number of aliphatic imine (C=N–C) groups is 1. The van der Waals surface area contributed by atoms with E-state index < -0.39 is 0 Å². The molecule has 2 unspecified atom stereocenters. The maximum atomic E-state index is 5.57. The molecule has 1 rings (SSSR count). The quantitative estimate of drug-likeness (QED) is 0.531. The van der Waals surface area contributed by atoms with Gasteiger partial charge in [0.2, 0.25) is 0 Å². The Kier molecular flexibility index (Phi) is 3.28. The summed E-state index contributed by atoms with van der Waals surface area (Å²) in [6.45, 7) is 6.61. The highest BCUT2D eigenvalue weighted by Crippen LogP contribution is 2.51. The standard InChI is InChI=1S/C11H23N3O/c1-10(2)8(7-11(10,3)15-6)14-9(12-4)13-5/h8H,7H2,1-6H3,(H2,12,13,14). The van der Waals surface area contributed by atoms with Gasteiger partial charge >= 0.3 is 0 Å². The maximum absolute atomic E-state index is 5.57. The third-order valence-electron chi connectivity index (χ3n) is 4.05. The molecule has 15 heavy (non-hydrogen) atoms. The minimum absolute atomic E-state index is 0.0305. The van der Waals surface area contributed by atoms with Crippen molar-refractivity contribution >= 4 is 5.96 Å². The van der Waals surface area contributed by atoms with Crippen LogP contribution >= 0.6 is 0 Å². The number of methoxy groups -OCH3 is 1. The van der Waals surface area contributed by atoms with E-state index in [1.54, 1.807) is 14.2 Å². The smallest absolute Gasteiger partial charge is 0.190 e. The lowest BCUT2D eigenvalue weighted by Gasteiger charge is -2.59. The number of guanidine groups is 1. The predicted octanol–water partition coefficient (Wildman–Crippen LogP) is 0.985. The van der Waals surface area contributed by atoms with E-state index in [-0.39, 0.29) is 11.0 Å². The Bertz CT molecular complexity index is 263. The second kappa shape index (κ2) is 4.00. The lowest BCUT2D eigenvalue weighted by atomic mass is 9.56. The predicted molar refractivity (Wildman–Crippen MR) is 63.2 cm³/mol. The van der Waals surface area contributed by atoms with Crippen molar-refractivity contribution < 1.29 is 4.74 Å². The van der Waals surface area contributed by atoms with Crippen molar-refractivity contribution in [2.45, 2.75) is 38.8 Å². The first kappa shape index (κ1) is 12.3. The summed E-state index contributed by atoms with van der Waals surface area (Å²) >= 11 is 0. The summed E-state index contributed by atoms with van der Waals surface area (Å²) in [5.74, 6) is 0.839. The van der Waals surface area contributed by atoms with Crippen LogP contribution in [0.25, 0.3) is 0 Å². The highest BCUT2D eigenvalue weighted by atomic mass is 16.5. The number of hydrogen-bond acceptors (Lipinski definition) is 2. The van der Waals surface area contributed by atoms with Gasteiger partial charge in [-0.05, 0) is 13.3 Å². The van der Waals surface area contributed by atoms with Gasteiger partial charge < -0.3 is 15.4 Å². The van der Waals surface area contributed by atoms with Crippen LogP contribution in [-0.2, 0) is 4.74 Å². The van der Waals surface area contributed by atoms with Crippen molar-refractivity contribution in [3.05, 3.63) is 0 Å². The Labute approximate surface area is 92.5 Å². The Morgan fingerprint density at radius 2 is 2.00 bits per heavy atom. The molecule has 0 radical (unpaired) electrons. The molecule has 0 saturated heterocycles. The van der Waals surface area contributed by atoms with Gasteiger partial charge in [-0.15, -0.1) is 0 Å². The third kappa shape index (κ3) is 1.83. The van der Waals surface area contributed by atoms with Crippen molar-refractivity contribution in [1.82, 2.24) is 10.6 Å². The molecule has 0 aromatic rings. The molecular weight excluding hydrogens is 190 g/mol. The maximum Gasteiger partial charge on any atom is 0.190 e. The highest BCUT2D eigenvalue weighted by molar-refractivity contribution is 5.79. The van der Waals surface area contributed by atoms with E-state index in [4.69, 9.17) is 4.74 Å². The molecule has 0 heterocycles. The molecule has 0 aromatic carbocycles. The van der Waals surface area contributed by atoms with Crippen molar-refractivity contribution in [2.24, 2.45) is 10.4 Å². The van der Waals surface area contributed by atoms with Gasteiger partial charge in [-0.3, -0.25) is 4.99 Å². The first-order chi connectivity index (χ1) is 6.91. The van der Waals surface area contributed by atoms with Gasteiger partial charge in [-0.1, -0.05) is 13.8 Å². The lowest BCUT2D eigenvalue weighted by Crippen LogP contribution is -2.69. The van der Waals surface area contributed by atoms with Crippen LogP contribution in [0.4, 0.5) is 0 Å². The Morgan fingerprint density at radius 1 is 1.40 bits per heavy atom. The molecule has 0 aromatic heterocycles. The molecule has 2 N–H and O–H groups in total. The second-order valence-corrected chi connectivity index (χ2v) is 4.88. The average molecular weight is 213 g/mol. The Morgan fingerprint density at radius 3 is 2.33 bits per heavy atom. The zero-order chi connectivity index (χ0) is 11.7. The first-order valence-corrected chi connectivity index (χ1v) is 5.37. The SMILES string of the molecule is CN=C(NC)NC1CC(C)(OC)C1(C)C. The Hall–Kier alpha value is -0.770. The van der Waals surface area contributed by atoms with Crippen LogP contribution in [0.5, 0.6) is 0 Å². The minimum Gasteiger partial charge on any atom is -0.378 e. The number of rotatable bonds is 2. The van der Waals surface area contributed by atoms with E-state index >= 15 is 0 Å². The minimum atomic E-state index is -0.0305. The molecule has 1 fully saturated rings. The van der Waals surface area contributed by atoms with E-state index in [9.17, 15) is 0 Å². The molecule has 1 aliphatic rings. The van der Waals surface area contributed by atoms with E-state index in [1.165, 1.54) is 0 Å². The van der Waals surface area contributed by atoms with Gasteiger partial charge in [0.1, 0.15) is 0 Å². The van der Waals surface area contributed by atoms with Gasteiger partial charge in [0, 0.05) is 32.7 Å². The number of nitrogens with one attached hydrogen (secondary N) is 2. The lowest BCUT2D eigenvalue weighted by molar-refractivity contribution is -0.176. The number of hydrogen-bond donors (Lipinski definition) is 2. The fourth-order valence-electron chi connectivity index (χ4n) is 2.14. The molecular formula is C11H23N3O. The molecule has 4 heteroatoms. The summed E-state index contributed by atoms with van der Waals surface area (Å²) in [6, 6.07) is 0.411. The zero-order valence-electron chi connectivity index (χ0n) is 10.6. The molecule has 1 aliphatic carbocycles. The summed E-state index contributed by atoms with van der Waals surface area (Å²) in [4.78, 5) is 4.12. The first-order valence-electron chi connectivity index (χ1n) is 5.37. The van der Waals surface area contributed by atoms with Crippen LogP contribution in [0.1, 0.15) is 27.2 Å². The monoisotopic (exact) mass is 213 g/mol. The topological polar surface area (TPSA) is 45.7 Å². The summed E-state index contributed by atoms with van der Waals surface area (Å²) in [5.41, 5.74) is 0.0891. The molecule has 2 atom stereocenters. The van der Waals surface area contributed by atoms with E-state index in [2.05, 4.69) is 36.4 Å². The highest BCUT2D eigenvalue weighted by Gasteiger charge is 2.57. The fraction of sp³-hybridized carbons (Fsp3) is 0.909.